The number of benzene rings is 1. The van der Waals surface area contributed by atoms with E-state index in [2.05, 4.69) is 10.3 Å². The smallest absolute Gasteiger partial charge is 0.307 e. The number of carbonyl (C=O) groups is 1. The van der Waals surface area contributed by atoms with E-state index in [1.54, 1.807) is 0 Å². The number of pyridine rings is 1. The molecule has 0 saturated heterocycles. The average molecular weight is 337 g/mol. The number of anilines is 1. The number of hydrogen-bond acceptors (Lipinski definition) is 4. The van der Waals surface area contributed by atoms with Crippen molar-refractivity contribution in [2.75, 3.05) is 5.32 Å². The molecule has 0 fully saturated rings. The zero-order valence-electron chi connectivity index (χ0n) is 11.9. The highest BCUT2D eigenvalue weighted by Crippen LogP contribution is 2.28. The molecule has 0 aliphatic heterocycles. The summed E-state index contributed by atoms with van der Waals surface area (Å²) in [5.74, 6) is -0.623. The summed E-state index contributed by atoms with van der Waals surface area (Å²) in [6, 6.07) is 7.34. The molecule has 24 heavy (non-hydrogen) atoms. The topological polar surface area (TPSA) is 85.1 Å². The first-order valence-corrected chi connectivity index (χ1v) is 6.52. The van der Waals surface area contributed by atoms with Gasteiger partial charge in [-0.2, -0.15) is 13.2 Å². The van der Waals surface area contributed by atoms with E-state index in [9.17, 15) is 28.1 Å². The number of aromatic nitrogens is 1. The van der Waals surface area contributed by atoms with Crippen molar-refractivity contribution in [3.8, 4) is 0 Å². The zero-order valence-corrected chi connectivity index (χ0v) is 11.9. The van der Waals surface area contributed by atoms with Crippen molar-refractivity contribution in [2.45, 2.75) is 6.18 Å². The predicted octanol–water partition coefficient (Wildman–Crippen LogP) is 3.66. The summed E-state index contributed by atoms with van der Waals surface area (Å²) < 4.78 is 37.2. The standard InChI is InChI=1S/C15H10F3N3O3/c16-15(17,18)11-4-7-13(19-9-11)20-14(22)8-3-10-1-5-12(6-2-10)21(23)24/h1-9H,(H,19,20,22)/b8-3+. The van der Waals surface area contributed by atoms with Crippen LogP contribution in [0.5, 0.6) is 0 Å². The number of non-ortho nitro benzene ring substituents is 1. The van der Waals surface area contributed by atoms with Gasteiger partial charge in [-0.05, 0) is 35.9 Å². The molecule has 1 aromatic heterocycles. The zero-order chi connectivity index (χ0) is 17.7. The number of nitro groups is 1. The quantitative estimate of drug-likeness (QED) is 0.524. The number of alkyl halides is 3. The Hall–Kier alpha value is -3.23. The fourth-order valence-electron chi connectivity index (χ4n) is 1.68. The summed E-state index contributed by atoms with van der Waals surface area (Å²) in [5, 5.41) is 12.8. The molecule has 0 bridgehead atoms. The van der Waals surface area contributed by atoms with E-state index >= 15 is 0 Å². The maximum atomic E-state index is 12.4. The van der Waals surface area contributed by atoms with Gasteiger partial charge in [-0.1, -0.05) is 0 Å². The van der Waals surface area contributed by atoms with Crippen molar-refractivity contribution in [2.24, 2.45) is 0 Å². The minimum atomic E-state index is -4.49. The normalized spacial score (nSPS) is 11.5. The van der Waals surface area contributed by atoms with Gasteiger partial charge in [0.15, 0.2) is 0 Å². The lowest BCUT2D eigenvalue weighted by Gasteiger charge is -2.06. The second-order valence-corrected chi connectivity index (χ2v) is 4.60. The number of nitrogens with one attached hydrogen (secondary N) is 1. The van der Waals surface area contributed by atoms with Gasteiger partial charge in [0.2, 0.25) is 5.91 Å². The molecule has 0 saturated carbocycles. The molecule has 1 aromatic carbocycles. The fraction of sp³-hybridized carbons (Fsp3) is 0.0667. The summed E-state index contributed by atoms with van der Waals surface area (Å²) in [6.07, 6.45) is -1.33. The van der Waals surface area contributed by atoms with E-state index in [1.807, 2.05) is 0 Å². The van der Waals surface area contributed by atoms with Gasteiger partial charge in [0, 0.05) is 24.4 Å². The summed E-state index contributed by atoms with van der Waals surface area (Å²) in [6.45, 7) is 0. The third kappa shape index (κ3) is 4.63. The van der Waals surface area contributed by atoms with Crippen LogP contribution in [0.4, 0.5) is 24.7 Å². The highest BCUT2D eigenvalue weighted by atomic mass is 19.4. The first-order valence-electron chi connectivity index (χ1n) is 6.52. The molecule has 9 heteroatoms. The van der Waals surface area contributed by atoms with Crippen molar-refractivity contribution < 1.29 is 22.9 Å². The Bertz CT molecular complexity index is 769. The molecule has 2 aromatic rings. The van der Waals surface area contributed by atoms with Gasteiger partial charge in [0.1, 0.15) is 5.82 Å². The van der Waals surface area contributed by atoms with E-state index in [-0.39, 0.29) is 11.5 Å². The number of nitrogens with zero attached hydrogens (tertiary/aromatic N) is 2. The van der Waals surface area contributed by atoms with E-state index in [0.717, 1.165) is 18.2 Å². The summed E-state index contributed by atoms with van der Waals surface area (Å²) in [5.41, 5.74) is -0.441. The Morgan fingerprint density at radius 3 is 2.33 bits per heavy atom. The highest BCUT2D eigenvalue weighted by Gasteiger charge is 2.30. The van der Waals surface area contributed by atoms with Crippen LogP contribution in [0, 0.1) is 10.1 Å². The molecule has 0 radical (unpaired) electrons. The first kappa shape index (κ1) is 17.1. The Morgan fingerprint density at radius 1 is 1.17 bits per heavy atom. The Labute approximate surface area is 133 Å². The molecule has 6 nitrogen and oxygen atoms in total. The van der Waals surface area contributed by atoms with Crippen molar-refractivity contribution in [1.29, 1.82) is 0 Å². The summed E-state index contributed by atoms with van der Waals surface area (Å²) in [7, 11) is 0. The van der Waals surface area contributed by atoms with Crippen molar-refractivity contribution >= 4 is 23.5 Å². The van der Waals surface area contributed by atoms with Gasteiger partial charge < -0.3 is 5.32 Å². The predicted molar refractivity (Wildman–Crippen MR) is 80.0 cm³/mol. The van der Waals surface area contributed by atoms with Gasteiger partial charge in [0.05, 0.1) is 10.5 Å². The van der Waals surface area contributed by atoms with Gasteiger partial charge in [-0.15, -0.1) is 0 Å². The number of carbonyl (C=O) groups excluding carboxylic acids is 1. The molecule has 0 aliphatic carbocycles. The lowest BCUT2D eigenvalue weighted by molar-refractivity contribution is -0.384. The molecule has 0 atom stereocenters. The molecule has 0 unspecified atom stereocenters. The second-order valence-electron chi connectivity index (χ2n) is 4.60. The van der Waals surface area contributed by atoms with E-state index in [4.69, 9.17) is 0 Å². The minimum Gasteiger partial charge on any atom is -0.307 e. The largest absolute Gasteiger partial charge is 0.417 e. The van der Waals surface area contributed by atoms with E-state index in [0.29, 0.717) is 11.8 Å². The average Bonchev–Trinajstić information content (AvgIpc) is 2.53. The molecule has 1 heterocycles. The second kappa shape index (κ2) is 6.90. The van der Waals surface area contributed by atoms with Crippen LogP contribution in [-0.4, -0.2) is 15.8 Å². The highest BCUT2D eigenvalue weighted by molar-refractivity contribution is 6.01. The summed E-state index contributed by atoms with van der Waals surface area (Å²) in [4.78, 5) is 25.2. The van der Waals surface area contributed by atoms with Gasteiger partial charge in [-0.25, -0.2) is 4.98 Å². The third-order valence-electron chi connectivity index (χ3n) is 2.87. The third-order valence-corrected chi connectivity index (χ3v) is 2.87. The van der Waals surface area contributed by atoms with Crippen LogP contribution in [0.2, 0.25) is 0 Å². The van der Waals surface area contributed by atoms with Crippen LogP contribution in [0.25, 0.3) is 6.08 Å². The number of amides is 1. The number of hydrogen-bond donors (Lipinski definition) is 1. The lowest BCUT2D eigenvalue weighted by atomic mass is 10.2. The Balaban J connectivity index is 1.98. The van der Waals surface area contributed by atoms with Crippen molar-refractivity contribution in [3.05, 3.63) is 69.9 Å². The SMILES string of the molecule is O=C(/C=C/c1ccc([N+](=O)[O-])cc1)Nc1ccc(C(F)(F)F)cn1. The molecular weight excluding hydrogens is 327 g/mol. The van der Waals surface area contributed by atoms with Crippen LogP contribution < -0.4 is 5.32 Å². The molecule has 1 amide bonds. The van der Waals surface area contributed by atoms with Crippen LogP contribution >= 0.6 is 0 Å². The van der Waals surface area contributed by atoms with Gasteiger partial charge >= 0.3 is 6.18 Å². The van der Waals surface area contributed by atoms with Gasteiger partial charge in [-0.3, -0.25) is 14.9 Å². The Kier molecular flexibility index (Phi) is 4.93. The number of nitro benzene ring substituents is 1. The maximum Gasteiger partial charge on any atom is 0.417 e. The number of rotatable bonds is 4. The first-order chi connectivity index (χ1) is 11.3. The van der Waals surface area contributed by atoms with E-state index in [1.165, 1.54) is 30.3 Å². The van der Waals surface area contributed by atoms with Crippen molar-refractivity contribution in [3.63, 3.8) is 0 Å². The molecule has 1 N–H and O–H groups in total. The summed E-state index contributed by atoms with van der Waals surface area (Å²) >= 11 is 0. The molecule has 124 valence electrons. The molecule has 0 spiro atoms. The van der Waals surface area contributed by atoms with Gasteiger partial charge in [0.25, 0.3) is 5.69 Å². The van der Waals surface area contributed by atoms with E-state index < -0.39 is 22.6 Å². The fourth-order valence-corrected chi connectivity index (χ4v) is 1.68. The Morgan fingerprint density at radius 2 is 1.83 bits per heavy atom. The van der Waals surface area contributed by atoms with Crippen LogP contribution in [-0.2, 0) is 11.0 Å². The maximum absolute atomic E-state index is 12.4. The van der Waals surface area contributed by atoms with Crippen LogP contribution in [0.3, 0.4) is 0 Å². The molecule has 0 aliphatic rings. The molecular formula is C15H10F3N3O3. The molecule has 2 rings (SSSR count). The van der Waals surface area contributed by atoms with Crippen LogP contribution in [0.1, 0.15) is 11.1 Å². The van der Waals surface area contributed by atoms with Crippen molar-refractivity contribution in [1.82, 2.24) is 4.98 Å². The monoisotopic (exact) mass is 337 g/mol. The van der Waals surface area contributed by atoms with Crippen LogP contribution in [0.15, 0.2) is 48.7 Å². The minimum absolute atomic E-state index is 0.0265. The lowest BCUT2D eigenvalue weighted by Crippen LogP contribution is -2.11. The number of halogens is 3.